The van der Waals surface area contributed by atoms with Crippen LogP contribution in [0.4, 0.5) is 13.2 Å². The molecular formula is C22H29F3O. The molecule has 1 unspecified atom stereocenters. The van der Waals surface area contributed by atoms with Gasteiger partial charge in [0, 0.05) is 0 Å². The summed E-state index contributed by atoms with van der Waals surface area (Å²) in [4.78, 5) is 0. The van der Waals surface area contributed by atoms with Crippen LogP contribution in [0.3, 0.4) is 0 Å². The van der Waals surface area contributed by atoms with Crippen molar-refractivity contribution in [2.24, 2.45) is 11.8 Å². The Kier molecular flexibility index (Phi) is 6.66. The molecule has 0 bridgehead atoms. The number of rotatable bonds is 6. The Morgan fingerprint density at radius 2 is 1.65 bits per heavy atom. The predicted octanol–water partition coefficient (Wildman–Crippen LogP) is 7.07. The second kappa shape index (κ2) is 8.96. The SMILES string of the molecule is CCC[C@H]1CC[C@H](c2cc(F)c(OCC3CC=C(F)CC3)c(F)c2)CC1. The first-order valence-corrected chi connectivity index (χ1v) is 10.0. The van der Waals surface area contributed by atoms with Gasteiger partial charge in [0.25, 0.3) is 0 Å². The second-order valence-electron chi connectivity index (χ2n) is 7.92. The Morgan fingerprint density at radius 3 is 2.23 bits per heavy atom. The van der Waals surface area contributed by atoms with Crippen LogP contribution in [0, 0.1) is 23.5 Å². The lowest BCUT2D eigenvalue weighted by Crippen LogP contribution is -2.16. The van der Waals surface area contributed by atoms with Crippen molar-refractivity contribution in [3.8, 4) is 5.75 Å². The Bertz CT molecular complexity index is 609. The van der Waals surface area contributed by atoms with E-state index in [1.807, 2.05) is 0 Å². The minimum absolute atomic E-state index is 0.100. The highest BCUT2D eigenvalue weighted by Gasteiger charge is 2.25. The Labute approximate surface area is 154 Å². The molecule has 2 aliphatic carbocycles. The molecule has 1 atom stereocenters. The fraction of sp³-hybridized carbons (Fsp3) is 0.636. The lowest BCUT2D eigenvalue weighted by Gasteiger charge is -2.29. The number of hydrogen-bond donors (Lipinski definition) is 0. The molecule has 0 aliphatic heterocycles. The summed E-state index contributed by atoms with van der Waals surface area (Å²) in [6.45, 7) is 2.43. The van der Waals surface area contributed by atoms with Crippen LogP contribution in [-0.2, 0) is 0 Å². The first kappa shape index (κ1) is 19.3. The zero-order chi connectivity index (χ0) is 18.5. The maximum Gasteiger partial charge on any atom is 0.190 e. The standard InChI is InChI=1S/C22H29F3O/c1-2-3-15-4-8-17(9-5-15)18-12-20(24)22(21(25)13-18)26-14-16-6-10-19(23)11-7-16/h10,12-13,15-17H,2-9,11,14H2,1H3/t15-,16?,17-. The highest BCUT2D eigenvalue weighted by atomic mass is 19.1. The lowest BCUT2D eigenvalue weighted by atomic mass is 9.77. The number of ether oxygens (including phenoxy) is 1. The smallest absolute Gasteiger partial charge is 0.190 e. The molecule has 1 aromatic carbocycles. The second-order valence-corrected chi connectivity index (χ2v) is 7.92. The summed E-state index contributed by atoms with van der Waals surface area (Å²) >= 11 is 0. The monoisotopic (exact) mass is 366 g/mol. The first-order chi connectivity index (χ1) is 12.6. The molecule has 1 aromatic rings. The van der Waals surface area contributed by atoms with Crippen molar-refractivity contribution in [2.75, 3.05) is 6.61 Å². The highest BCUT2D eigenvalue weighted by Crippen LogP contribution is 2.39. The topological polar surface area (TPSA) is 9.23 Å². The van der Waals surface area contributed by atoms with Crippen molar-refractivity contribution in [2.45, 2.75) is 70.6 Å². The highest BCUT2D eigenvalue weighted by molar-refractivity contribution is 5.33. The van der Waals surface area contributed by atoms with Crippen LogP contribution in [-0.4, -0.2) is 6.61 Å². The molecule has 144 valence electrons. The van der Waals surface area contributed by atoms with E-state index in [-0.39, 0.29) is 30.0 Å². The van der Waals surface area contributed by atoms with Crippen molar-refractivity contribution in [1.29, 1.82) is 0 Å². The summed E-state index contributed by atoms with van der Waals surface area (Å²) in [5.74, 6) is -0.501. The van der Waals surface area contributed by atoms with Crippen molar-refractivity contribution < 1.29 is 17.9 Å². The molecule has 0 spiro atoms. The van der Waals surface area contributed by atoms with Gasteiger partial charge in [0.2, 0.25) is 0 Å². The molecule has 0 saturated heterocycles. The van der Waals surface area contributed by atoms with Crippen molar-refractivity contribution in [3.05, 3.63) is 41.2 Å². The van der Waals surface area contributed by atoms with Gasteiger partial charge >= 0.3 is 0 Å². The number of benzene rings is 1. The van der Waals surface area contributed by atoms with Crippen molar-refractivity contribution >= 4 is 0 Å². The quantitative estimate of drug-likeness (QED) is 0.523. The first-order valence-electron chi connectivity index (χ1n) is 10.0. The molecule has 1 nitrogen and oxygen atoms in total. The molecule has 1 saturated carbocycles. The molecule has 0 radical (unpaired) electrons. The minimum Gasteiger partial charge on any atom is -0.487 e. The van der Waals surface area contributed by atoms with E-state index in [4.69, 9.17) is 4.74 Å². The summed E-state index contributed by atoms with van der Waals surface area (Å²) in [5.41, 5.74) is 0.755. The summed E-state index contributed by atoms with van der Waals surface area (Å²) in [6.07, 6.45) is 9.90. The molecular weight excluding hydrogens is 337 g/mol. The predicted molar refractivity (Wildman–Crippen MR) is 98.0 cm³/mol. The normalized spacial score (nSPS) is 26.5. The minimum atomic E-state index is -0.617. The van der Waals surface area contributed by atoms with E-state index in [2.05, 4.69) is 6.92 Å². The molecule has 1 fully saturated rings. The summed E-state index contributed by atoms with van der Waals surface area (Å²) < 4.78 is 47.4. The van der Waals surface area contributed by atoms with E-state index in [9.17, 15) is 13.2 Å². The largest absolute Gasteiger partial charge is 0.487 e. The fourth-order valence-electron chi connectivity index (χ4n) is 4.35. The van der Waals surface area contributed by atoms with Crippen LogP contribution in [0.15, 0.2) is 24.0 Å². The molecule has 26 heavy (non-hydrogen) atoms. The zero-order valence-corrected chi connectivity index (χ0v) is 15.6. The van der Waals surface area contributed by atoms with Gasteiger partial charge in [-0.1, -0.05) is 25.8 Å². The van der Waals surface area contributed by atoms with Crippen LogP contribution in [0.1, 0.15) is 76.2 Å². The third kappa shape index (κ3) is 4.83. The Morgan fingerprint density at radius 1 is 0.962 bits per heavy atom. The van der Waals surface area contributed by atoms with E-state index in [0.29, 0.717) is 19.3 Å². The third-order valence-electron chi connectivity index (χ3n) is 5.96. The van der Waals surface area contributed by atoms with Gasteiger partial charge in [-0.15, -0.1) is 0 Å². The summed E-state index contributed by atoms with van der Waals surface area (Å²) in [5, 5.41) is 0. The molecule has 0 N–H and O–H groups in total. The van der Waals surface area contributed by atoms with Crippen LogP contribution in [0.25, 0.3) is 0 Å². The van der Waals surface area contributed by atoms with E-state index in [0.717, 1.165) is 37.2 Å². The van der Waals surface area contributed by atoms with Gasteiger partial charge in [0.15, 0.2) is 17.4 Å². The number of halogens is 3. The maximum atomic E-state index is 14.4. The molecule has 2 aliphatic rings. The summed E-state index contributed by atoms with van der Waals surface area (Å²) in [6, 6.07) is 2.90. The van der Waals surface area contributed by atoms with Crippen LogP contribution in [0.2, 0.25) is 0 Å². The maximum absolute atomic E-state index is 14.4. The number of hydrogen-bond acceptors (Lipinski definition) is 1. The molecule has 0 aromatic heterocycles. The molecule has 0 amide bonds. The Balaban J connectivity index is 1.60. The van der Waals surface area contributed by atoms with Crippen LogP contribution >= 0.6 is 0 Å². The van der Waals surface area contributed by atoms with E-state index >= 15 is 0 Å². The van der Waals surface area contributed by atoms with Gasteiger partial charge in [-0.25, -0.2) is 13.2 Å². The van der Waals surface area contributed by atoms with Crippen molar-refractivity contribution in [1.82, 2.24) is 0 Å². The fourth-order valence-corrected chi connectivity index (χ4v) is 4.35. The zero-order valence-electron chi connectivity index (χ0n) is 15.6. The van der Waals surface area contributed by atoms with Crippen molar-refractivity contribution in [3.63, 3.8) is 0 Å². The molecule has 4 heteroatoms. The van der Waals surface area contributed by atoms with Gasteiger partial charge in [-0.05, 0) is 80.4 Å². The average Bonchev–Trinajstić information content (AvgIpc) is 2.63. The Hall–Kier alpha value is -1.45. The van der Waals surface area contributed by atoms with Gasteiger partial charge in [-0.3, -0.25) is 0 Å². The summed E-state index contributed by atoms with van der Waals surface area (Å²) in [7, 11) is 0. The number of allylic oxidation sites excluding steroid dienone is 2. The third-order valence-corrected chi connectivity index (χ3v) is 5.96. The van der Waals surface area contributed by atoms with E-state index < -0.39 is 11.6 Å². The van der Waals surface area contributed by atoms with Gasteiger partial charge in [0.1, 0.15) is 0 Å². The van der Waals surface area contributed by atoms with Gasteiger partial charge < -0.3 is 4.74 Å². The van der Waals surface area contributed by atoms with Gasteiger partial charge in [-0.2, -0.15) is 0 Å². The average molecular weight is 366 g/mol. The van der Waals surface area contributed by atoms with Gasteiger partial charge in [0.05, 0.1) is 12.4 Å². The van der Waals surface area contributed by atoms with E-state index in [1.165, 1.54) is 25.0 Å². The van der Waals surface area contributed by atoms with Crippen LogP contribution < -0.4 is 4.74 Å². The van der Waals surface area contributed by atoms with E-state index in [1.54, 1.807) is 6.08 Å². The lowest BCUT2D eigenvalue weighted by molar-refractivity contribution is 0.215. The molecule has 3 rings (SSSR count). The van der Waals surface area contributed by atoms with Crippen LogP contribution in [0.5, 0.6) is 5.75 Å². The molecule has 0 heterocycles.